The quantitative estimate of drug-likeness (QED) is 0.862. The summed E-state index contributed by atoms with van der Waals surface area (Å²) in [5, 5.41) is 3.74. The Labute approximate surface area is 123 Å². The lowest BCUT2D eigenvalue weighted by Crippen LogP contribution is -2.54. The Morgan fingerprint density at radius 2 is 2.05 bits per heavy atom. The summed E-state index contributed by atoms with van der Waals surface area (Å²) in [6.07, 6.45) is 9.07. The molecule has 2 rings (SSSR count). The lowest BCUT2D eigenvalue weighted by Gasteiger charge is -2.46. The molecule has 0 aliphatic carbocycles. The lowest BCUT2D eigenvalue weighted by atomic mass is 9.86. The minimum Gasteiger partial charge on any atom is -0.308 e. The van der Waals surface area contributed by atoms with Crippen molar-refractivity contribution in [3.8, 4) is 0 Å². The molecular weight excluding hydrogens is 246 g/mol. The average molecular weight is 275 g/mol. The maximum atomic E-state index is 4.31. The Balaban J connectivity index is 2.19. The second-order valence-electron chi connectivity index (χ2n) is 6.37. The van der Waals surface area contributed by atoms with Gasteiger partial charge in [-0.3, -0.25) is 9.88 Å². The topological polar surface area (TPSA) is 28.2 Å². The Kier molecular flexibility index (Phi) is 5.55. The molecule has 1 N–H and O–H groups in total. The molecule has 20 heavy (non-hydrogen) atoms. The van der Waals surface area contributed by atoms with Crippen molar-refractivity contribution in [3.05, 3.63) is 30.1 Å². The Hall–Kier alpha value is -0.930. The van der Waals surface area contributed by atoms with Crippen LogP contribution in [0.15, 0.2) is 24.5 Å². The van der Waals surface area contributed by atoms with Crippen molar-refractivity contribution in [2.75, 3.05) is 19.6 Å². The molecule has 1 aliphatic rings. The number of likely N-dealkylation sites (tertiary alicyclic amines) is 1. The van der Waals surface area contributed by atoms with Gasteiger partial charge >= 0.3 is 0 Å². The van der Waals surface area contributed by atoms with Crippen molar-refractivity contribution in [2.45, 2.75) is 58.0 Å². The molecule has 1 aromatic heterocycles. The van der Waals surface area contributed by atoms with Gasteiger partial charge in [-0.15, -0.1) is 0 Å². The highest BCUT2D eigenvalue weighted by Gasteiger charge is 2.36. The molecule has 3 nitrogen and oxygen atoms in total. The molecule has 1 saturated heterocycles. The second kappa shape index (κ2) is 7.19. The molecule has 112 valence electrons. The van der Waals surface area contributed by atoms with Crippen molar-refractivity contribution >= 4 is 0 Å². The van der Waals surface area contributed by atoms with E-state index >= 15 is 0 Å². The molecule has 0 spiro atoms. The number of hydrogen-bond acceptors (Lipinski definition) is 3. The first kappa shape index (κ1) is 15.5. The van der Waals surface area contributed by atoms with E-state index in [9.17, 15) is 0 Å². The zero-order valence-electron chi connectivity index (χ0n) is 13.2. The van der Waals surface area contributed by atoms with Crippen LogP contribution in [0.3, 0.4) is 0 Å². The SMILES string of the molecule is CCCNC(c1cccnc1)C(C)(C)N1CCCCC1. The molecule has 0 bridgehead atoms. The van der Waals surface area contributed by atoms with Crippen LogP contribution in [-0.2, 0) is 0 Å². The Bertz CT molecular complexity index is 382. The van der Waals surface area contributed by atoms with Gasteiger partial charge in [-0.25, -0.2) is 0 Å². The van der Waals surface area contributed by atoms with Gasteiger partial charge in [0.05, 0.1) is 6.04 Å². The molecule has 0 radical (unpaired) electrons. The van der Waals surface area contributed by atoms with Crippen LogP contribution in [0.5, 0.6) is 0 Å². The number of hydrogen-bond donors (Lipinski definition) is 1. The van der Waals surface area contributed by atoms with E-state index in [1.54, 1.807) is 0 Å². The smallest absolute Gasteiger partial charge is 0.0517 e. The summed E-state index contributed by atoms with van der Waals surface area (Å²) in [7, 11) is 0. The minimum absolute atomic E-state index is 0.124. The predicted octanol–water partition coefficient (Wildman–Crippen LogP) is 3.39. The summed E-state index contributed by atoms with van der Waals surface area (Å²) >= 11 is 0. The summed E-state index contributed by atoms with van der Waals surface area (Å²) < 4.78 is 0. The fourth-order valence-corrected chi connectivity index (χ4v) is 3.26. The van der Waals surface area contributed by atoms with Gasteiger partial charge in [0.15, 0.2) is 0 Å². The standard InChI is InChI=1S/C17H29N3/c1-4-10-19-16(15-9-8-11-18-14-15)17(2,3)20-12-6-5-7-13-20/h8-9,11,14,16,19H,4-7,10,12-13H2,1-3H3. The number of rotatable bonds is 6. The van der Waals surface area contributed by atoms with Crippen LogP contribution in [0.25, 0.3) is 0 Å². The molecule has 1 fully saturated rings. The van der Waals surface area contributed by atoms with Gasteiger partial charge in [0.25, 0.3) is 0 Å². The summed E-state index contributed by atoms with van der Waals surface area (Å²) in [5.41, 5.74) is 1.43. The molecule has 1 atom stereocenters. The lowest BCUT2D eigenvalue weighted by molar-refractivity contribution is 0.0607. The number of nitrogens with one attached hydrogen (secondary N) is 1. The molecule has 0 amide bonds. The third-order valence-corrected chi connectivity index (χ3v) is 4.49. The largest absolute Gasteiger partial charge is 0.308 e. The van der Waals surface area contributed by atoms with Crippen LogP contribution >= 0.6 is 0 Å². The summed E-state index contributed by atoms with van der Waals surface area (Å²) in [5.74, 6) is 0. The molecule has 1 aromatic rings. The fraction of sp³-hybridized carbons (Fsp3) is 0.706. The maximum absolute atomic E-state index is 4.31. The fourth-order valence-electron chi connectivity index (χ4n) is 3.26. The van der Waals surface area contributed by atoms with E-state index in [4.69, 9.17) is 0 Å². The van der Waals surface area contributed by atoms with Crippen LogP contribution in [0.1, 0.15) is 58.1 Å². The van der Waals surface area contributed by atoms with E-state index in [0.29, 0.717) is 6.04 Å². The molecule has 2 heterocycles. The number of aromatic nitrogens is 1. The van der Waals surface area contributed by atoms with Gasteiger partial charge in [0, 0.05) is 17.9 Å². The van der Waals surface area contributed by atoms with E-state index in [1.807, 2.05) is 18.5 Å². The monoisotopic (exact) mass is 275 g/mol. The molecule has 0 saturated carbocycles. The van der Waals surface area contributed by atoms with Gasteiger partial charge in [-0.1, -0.05) is 19.4 Å². The predicted molar refractivity (Wildman–Crippen MR) is 84.8 cm³/mol. The maximum Gasteiger partial charge on any atom is 0.0517 e. The summed E-state index contributed by atoms with van der Waals surface area (Å²) in [4.78, 5) is 6.96. The summed E-state index contributed by atoms with van der Waals surface area (Å²) in [6, 6.07) is 4.59. The zero-order chi connectivity index (χ0) is 14.4. The highest BCUT2D eigenvalue weighted by Crippen LogP contribution is 2.32. The van der Waals surface area contributed by atoms with Crippen LogP contribution in [0.4, 0.5) is 0 Å². The van der Waals surface area contributed by atoms with Crippen LogP contribution in [-0.4, -0.2) is 35.1 Å². The van der Waals surface area contributed by atoms with E-state index in [-0.39, 0.29) is 5.54 Å². The van der Waals surface area contributed by atoms with Crippen molar-refractivity contribution in [3.63, 3.8) is 0 Å². The number of pyridine rings is 1. The van der Waals surface area contributed by atoms with E-state index < -0.39 is 0 Å². The summed E-state index contributed by atoms with van der Waals surface area (Å²) in [6.45, 7) is 10.5. The highest BCUT2D eigenvalue weighted by molar-refractivity contribution is 5.19. The van der Waals surface area contributed by atoms with Crippen molar-refractivity contribution < 1.29 is 0 Å². The third-order valence-electron chi connectivity index (χ3n) is 4.49. The first-order valence-corrected chi connectivity index (χ1v) is 8.04. The second-order valence-corrected chi connectivity index (χ2v) is 6.37. The van der Waals surface area contributed by atoms with Gasteiger partial charge in [-0.2, -0.15) is 0 Å². The minimum atomic E-state index is 0.124. The third kappa shape index (κ3) is 3.58. The number of piperidine rings is 1. The van der Waals surface area contributed by atoms with E-state index in [1.165, 1.54) is 37.9 Å². The van der Waals surface area contributed by atoms with Gasteiger partial charge in [0.2, 0.25) is 0 Å². The average Bonchev–Trinajstić information content (AvgIpc) is 2.49. The molecule has 0 aromatic carbocycles. The normalized spacial score (nSPS) is 18.9. The molecule has 1 unspecified atom stereocenters. The van der Waals surface area contributed by atoms with Crippen molar-refractivity contribution in [2.24, 2.45) is 0 Å². The van der Waals surface area contributed by atoms with E-state index in [0.717, 1.165) is 13.0 Å². The first-order valence-electron chi connectivity index (χ1n) is 8.04. The highest BCUT2D eigenvalue weighted by atomic mass is 15.2. The van der Waals surface area contributed by atoms with Gasteiger partial charge < -0.3 is 5.32 Å². The Morgan fingerprint density at radius 1 is 1.30 bits per heavy atom. The zero-order valence-corrected chi connectivity index (χ0v) is 13.2. The van der Waals surface area contributed by atoms with Gasteiger partial charge in [-0.05, 0) is 64.4 Å². The Morgan fingerprint density at radius 3 is 2.65 bits per heavy atom. The van der Waals surface area contributed by atoms with Crippen LogP contribution in [0.2, 0.25) is 0 Å². The van der Waals surface area contributed by atoms with Crippen molar-refractivity contribution in [1.82, 2.24) is 15.2 Å². The molecule has 3 heteroatoms. The molecule has 1 aliphatic heterocycles. The first-order chi connectivity index (χ1) is 9.66. The van der Waals surface area contributed by atoms with Crippen LogP contribution < -0.4 is 5.32 Å². The molecular formula is C17H29N3. The van der Waals surface area contributed by atoms with E-state index in [2.05, 4.69) is 42.0 Å². The van der Waals surface area contributed by atoms with Crippen LogP contribution in [0, 0.1) is 0 Å². The van der Waals surface area contributed by atoms with Crippen molar-refractivity contribution in [1.29, 1.82) is 0 Å². The van der Waals surface area contributed by atoms with Gasteiger partial charge in [0.1, 0.15) is 0 Å². The number of nitrogens with zero attached hydrogens (tertiary/aromatic N) is 2.